The molecule has 146 valence electrons. The second-order valence-electron chi connectivity index (χ2n) is 6.81. The van der Waals surface area contributed by atoms with Crippen molar-refractivity contribution in [2.75, 3.05) is 36.5 Å². The fraction of sp³-hybridized carbons (Fsp3) is 0.190. The summed E-state index contributed by atoms with van der Waals surface area (Å²) >= 11 is 1.59. The molecule has 8 heteroatoms. The number of hydrogen-bond donors (Lipinski definition) is 2. The quantitative estimate of drug-likeness (QED) is 0.545. The zero-order chi connectivity index (χ0) is 19.8. The Hall–Kier alpha value is -3.23. The number of aromatic amines is 1. The molecule has 4 aromatic rings. The van der Waals surface area contributed by atoms with Crippen molar-refractivity contribution in [2.24, 2.45) is 0 Å². The Labute approximate surface area is 169 Å². The highest BCUT2D eigenvalue weighted by Crippen LogP contribution is 2.31. The lowest BCUT2D eigenvalue weighted by molar-refractivity contribution is 0.102. The molecule has 5 rings (SSSR count). The number of aromatic nitrogens is 2. The van der Waals surface area contributed by atoms with Gasteiger partial charge in [-0.1, -0.05) is 23.5 Å². The summed E-state index contributed by atoms with van der Waals surface area (Å²) < 4.78 is 6.38. The summed E-state index contributed by atoms with van der Waals surface area (Å²) in [7, 11) is 0. The molecule has 0 spiro atoms. The number of hydrogen-bond acceptors (Lipinski definition) is 6. The van der Waals surface area contributed by atoms with E-state index in [1.54, 1.807) is 29.5 Å². The van der Waals surface area contributed by atoms with Crippen LogP contribution in [-0.4, -0.2) is 42.2 Å². The molecule has 1 aliphatic rings. The Bertz CT molecular complexity index is 1270. The number of para-hydroxylation sites is 1. The van der Waals surface area contributed by atoms with E-state index in [0.717, 1.165) is 28.4 Å². The van der Waals surface area contributed by atoms with Gasteiger partial charge in [0.2, 0.25) is 5.43 Å². The molecular formula is C21H18N4O3S. The molecule has 1 aliphatic heterocycles. The lowest BCUT2D eigenvalue weighted by atomic mass is 10.1. The van der Waals surface area contributed by atoms with Gasteiger partial charge in [-0.05, 0) is 30.3 Å². The van der Waals surface area contributed by atoms with Gasteiger partial charge in [-0.3, -0.25) is 9.59 Å². The zero-order valence-electron chi connectivity index (χ0n) is 15.5. The Kier molecular flexibility index (Phi) is 4.49. The number of ether oxygens (including phenoxy) is 1. The Morgan fingerprint density at radius 1 is 1.17 bits per heavy atom. The molecule has 0 atom stereocenters. The van der Waals surface area contributed by atoms with Crippen LogP contribution in [0, 0.1) is 0 Å². The van der Waals surface area contributed by atoms with Crippen LogP contribution in [0.5, 0.6) is 0 Å². The topological polar surface area (TPSA) is 87.3 Å². The SMILES string of the molecule is O=C(Nc1ccc2nc(N3CCOCC3)sc2c1)c1c[nH]c2ccccc2c1=O. The molecule has 3 heterocycles. The average molecular weight is 406 g/mol. The highest BCUT2D eigenvalue weighted by atomic mass is 32.1. The largest absolute Gasteiger partial charge is 0.378 e. The second-order valence-corrected chi connectivity index (χ2v) is 7.82. The van der Waals surface area contributed by atoms with Crippen LogP contribution in [0.25, 0.3) is 21.1 Å². The number of pyridine rings is 1. The number of benzene rings is 2. The number of carbonyl (C=O) groups is 1. The fourth-order valence-corrected chi connectivity index (χ4v) is 4.47. The van der Waals surface area contributed by atoms with E-state index in [9.17, 15) is 9.59 Å². The monoisotopic (exact) mass is 406 g/mol. The molecule has 0 saturated carbocycles. The summed E-state index contributed by atoms with van der Waals surface area (Å²) in [5.41, 5.74) is 2.02. The molecule has 0 aliphatic carbocycles. The molecule has 0 bridgehead atoms. The fourth-order valence-electron chi connectivity index (χ4n) is 3.41. The molecule has 0 unspecified atom stereocenters. The van der Waals surface area contributed by atoms with Crippen LogP contribution < -0.4 is 15.6 Å². The minimum atomic E-state index is -0.436. The van der Waals surface area contributed by atoms with Gasteiger partial charge < -0.3 is 19.9 Å². The van der Waals surface area contributed by atoms with Crippen molar-refractivity contribution in [2.45, 2.75) is 0 Å². The van der Waals surface area contributed by atoms with E-state index in [2.05, 4.69) is 20.2 Å². The lowest BCUT2D eigenvalue weighted by Gasteiger charge is -2.25. The number of rotatable bonds is 3. The van der Waals surface area contributed by atoms with Crippen LogP contribution in [0.2, 0.25) is 0 Å². The molecular weight excluding hydrogens is 388 g/mol. The van der Waals surface area contributed by atoms with E-state index >= 15 is 0 Å². The first kappa shape index (κ1) is 17.8. The maximum Gasteiger partial charge on any atom is 0.261 e. The van der Waals surface area contributed by atoms with E-state index in [1.165, 1.54) is 6.20 Å². The third-order valence-corrected chi connectivity index (χ3v) is 6.03. The predicted octanol–water partition coefficient (Wildman–Crippen LogP) is 3.23. The van der Waals surface area contributed by atoms with Gasteiger partial charge in [-0.2, -0.15) is 0 Å². The molecule has 1 saturated heterocycles. The van der Waals surface area contributed by atoms with Gasteiger partial charge in [0.1, 0.15) is 5.56 Å². The minimum Gasteiger partial charge on any atom is -0.378 e. The summed E-state index contributed by atoms with van der Waals surface area (Å²) in [5, 5.41) is 4.28. The number of anilines is 2. The third-order valence-electron chi connectivity index (χ3n) is 4.95. The summed E-state index contributed by atoms with van der Waals surface area (Å²) in [6.07, 6.45) is 1.46. The number of nitrogens with one attached hydrogen (secondary N) is 2. The van der Waals surface area contributed by atoms with E-state index < -0.39 is 5.91 Å². The Morgan fingerprint density at radius 2 is 2.00 bits per heavy atom. The number of thiazole rings is 1. The van der Waals surface area contributed by atoms with Crippen LogP contribution >= 0.6 is 11.3 Å². The number of H-pyrrole nitrogens is 1. The molecule has 7 nitrogen and oxygen atoms in total. The van der Waals surface area contributed by atoms with Gasteiger partial charge in [0.05, 0.1) is 23.4 Å². The Balaban J connectivity index is 1.42. The molecule has 1 amide bonds. The number of morpholine rings is 1. The summed E-state index contributed by atoms with van der Waals surface area (Å²) in [5.74, 6) is -0.436. The van der Waals surface area contributed by atoms with E-state index in [0.29, 0.717) is 29.8 Å². The van der Waals surface area contributed by atoms with Crippen molar-refractivity contribution in [3.8, 4) is 0 Å². The van der Waals surface area contributed by atoms with Crippen LogP contribution in [0.1, 0.15) is 10.4 Å². The summed E-state index contributed by atoms with van der Waals surface area (Å²) in [4.78, 5) is 35.3. The summed E-state index contributed by atoms with van der Waals surface area (Å²) in [6, 6.07) is 12.7. The van der Waals surface area contributed by atoms with Gasteiger partial charge in [-0.25, -0.2) is 4.98 Å². The van der Waals surface area contributed by atoms with Crippen LogP contribution in [-0.2, 0) is 4.74 Å². The van der Waals surface area contributed by atoms with Crippen molar-refractivity contribution >= 4 is 49.2 Å². The first-order valence-electron chi connectivity index (χ1n) is 9.34. The first-order chi connectivity index (χ1) is 14.2. The predicted molar refractivity (Wildman–Crippen MR) is 115 cm³/mol. The standard InChI is InChI=1S/C21H18N4O3S/c26-19-14-3-1-2-4-16(14)22-12-15(19)20(27)23-13-5-6-17-18(11-13)29-21(24-17)25-7-9-28-10-8-25/h1-6,11-12H,7-10H2,(H,22,26)(H,23,27). The molecule has 2 aromatic carbocycles. The lowest BCUT2D eigenvalue weighted by Crippen LogP contribution is -2.36. The van der Waals surface area contributed by atoms with Crippen molar-refractivity contribution in [1.29, 1.82) is 0 Å². The molecule has 1 fully saturated rings. The minimum absolute atomic E-state index is 0.0853. The maximum atomic E-state index is 12.7. The normalized spacial score (nSPS) is 14.4. The highest BCUT2D eigenvalue weighted by Gasteiger charge is 2.17. The number of carbonyl (C=O) groups excluding carboxylic acids is 1. The van der Waals surface area contributed by atoms with Crippen LogP contribution in [0.15, 0.2) is 53.5 Å². The maximum absolute atomic E-state index is 12.7. The third kappa shape index (κ3) is 3.37. The smallest absolute Gasteiger partial charge is 0.261 e. The molecule has 29 heavy (non-hydrogen) atoms. The summed E-state index contributed by atoms with van der Waals surface area (Å²) in [6.45, 7) is 3.07. The highest BCUT2D eigenvalue weighted by molar-refractivity contribution is 7.22. The van der Waals surface area contributed by atoms with Crippen molar-refractivity contribution in [3.05, 3.63) is 64.4 Å². The van der Waals surface area contributed by atoms with Crippen molar-refractivity contribution in [1.82, 2.24) is 9.97 Å². The number of amides is 1. The zero-order valence-corrected chi connectivity index (χ0v) is 16.3. The van der Waals surface area contributed by atoms with Crippen LogP contribution in [0.4, 0.5) is 10.8 Å². The van der Waals surface area contributed by atoms with Crippen LogP contribution in [0.3, 0.4) is 0 Å². The van der Waals surface area contributed by atoms with E-state index in [-0.39, 0.29) is 11.0 Å². The molecule has 2 aromatic heterocycles. The van der Waals surface area contributed by atoms with Crippen molar-refractivity contribution in [3.63, 3.8) is 0 Å². The number of fused-ring (bicyclic) bond motifs is 2. The molecule has 0 radical (unpaired) electrons. The first-order valence-corrected chi connectivity index (χ1v) is 10.2. The van der Waals surface area contributed by atoms with Crippen molar-refractivity contribution < 1.29 is 9.53 Å². The second kappa shape index (κ2) is 7.31. The Morgan fingerprint density at radius 3 is 2.86 bits per heavy atom. The van der Waals surface area contributed by atoms with Gasteiger partial charge >= 0.3 is 0 Å². The van der Waals surface area contributed by atoms with E-state index in [1.807, 2.05) is 24.3 Å². The average Bonchev–Trinajstić information content (AvgIpc) is 3.18. The van der Waals surface area contributed by atoms with Gasteiger partial charge in [0, 0.05) is 35.9 Å². The molecule has 2 N–H and O–H groups in total. The van der Waals surface area contributed by atoms with E-state index in [4.69, 9.17) is 4.74 Å². The number of nitrogens with zero attached hydrogens (tertiary/aromatic N) is 2. The van der Waals surface area contributed by atoms with Gasteiger partial charge in [0.25, 0.3) is 5.91 Å². The van der Waals surface area contributed by atoms with Gasteiger partial charge in [-0.15, -0.1) is 0 Å². The van der Waals surface area contributed by atoms with Gasteiger partial charge in [0.15, 0.2) is 5.13 Å².